The molecular weight excluding hydrogens is 861 g/mol. The summed E-state index contributed by atoms with van der Waals surface area (Å²) in [6, 6.07) is 32.2. The maximum absolute atomic E-state index is 13.1. The molecule has 14 heteroatoms. The number of carbonyl (C=O) groups excluding carboxylic acids is 3. The highest BCUT2D eigenvalue weighted by molar-refractivity contribution is 6.74. The molecule has 2 heterocycles. The molecule has 3 atom stereocenters. The van der Waals surface area contributed by atoms with E-state index in [1.54, 1.807) is 17.0 Å². The molecule has 0 radical (unpaired) electrons. The highest BCUT2D eigenvalue weighted by Crippen LogP contribution is 2.42. The number of unbranched alkanes of at least 4 members (excludes halogenated alkanes) is 1. The first-order valence-electron chi connectivity index (χ1n) is 23.7. The number of H-pyrrole nitrogens is 1. The summed E-state index contributed by atoms with van der Waals surface area (Å²) in [4.78, 5) is 58.0. The molecule has 1 aliphatic carbocycles. The fourth-order valence-electron chi connectivity index (χ4n) is 9.19. The SMILES string of the molecule is CN(CCCCC(=O)Nc1cccc(CNC[C@H](O[Si](C)(C)C(C)(C)C)c2ccc(O)c3[nH]c(=O)ccc23)c1)C(=O)CCN1CC2CC(OC(=O)Nc3ccccc3-c3ccccc3)CC2C1. The van der Waals surface area contributed by atoms with Crippen LogP contribution in [0.15, 0.2) is 108 Å². The van der Waals surface area contributed by atoms with Gasteiger partial charge >= 0.3 is 6.09 Å². The Kier molecular flexibility index (Phi) is 16.0. The summed E-state index contributed by atoms with van der Waals surface area (Å²) in [5.74, 6) is 0.948. The van der Waals surface area contributed by atoms with Crippen molar-refractivity contribution in [1.29, 1.82) is 0 Å². The van der Waals surface area contributed by atoms with Crippen LogP contribution in [-0.2, 0) is 25.3 Å². The van der Waals surface area contributed by atoms with Gasteiger partial charge in [0.15, 0.2) is 8.32 Å². The van der Waals surface area contributed by atoms with Gasteiger partial charge in [-0.25, -0.2) is 4.79 Å². The topological polar surface area (TPSA) is 165 Å². The van der Waals surface area contributed by atoms with E-state index < -0.39 is 14.4 Å². The van der Waals surface area contributed by atoms with Gasteiger partial charge in [-0.2, -0.15) is 0 Å². The number of nitrogens with zero attached hydrogens (tertiary/aromatic N) is 2. The highest BCUT2D eigenvalue weighted by Gasteiger charge is 2.43. The largest absolute Gasteiger partial charge is 0.506 e. The zero-order valence-corrected chi connectivity index (χ0v) is 40.9. The second-order valence-electron chi connectivity index (χ2n) is 19.9. The van der Waals surface area contributed by atoms with Gasteiger partial charge in [0.25, 0.3) is 0 Å². The minimum absolute atomic E-state index is 0.0122. The first kappa shape index (κ1) is 49.1. The number of para-hydroxylation sites is 1. The molecule has 1 saturated heterocycles. The molecule has 4 aromatic carbocycles. The molecule has 2 fully saturated rings. The van der Waals surface area contributed by atoms with E-state index in [-0.39, 0.29) is 40.4 Å². The zero-order chi connectivity index (χ0) is 47.7. The van der Waals surface area contributed by atoms with Gasteiger partial charge in [0.05, 0.1) is 17.3 Å². The number of amides is 3. The molecule has 0 spiro atoms. The lowest BCUT2D eigenvalue weighted by Crippen LogP contribution is -2.43. The Balaban J connectivity index is 0.792. The van der Waals surface area contributed by atoms with Crippen LogP contribution in [-0.4, -0.2) is 92.0 Å². The van der Waals surface area contributed by atoms with Gasteiger partial charge in [-0.15, -0.1) is 0 Å². The van der Waals surface area contributed by atoms with Crippen LogP contribution in [0.2, 0.25) is 18.1 Å². The lowest BCUT2D eigenvalue weighted by Gasteiger charge is -2.39. The number of hydrogen-bond donors (Lipinski definition) is 5. The number of anilines is 2. The molecule has 13 nitrogen and oxygen atoms in total. The van der Waals surface area contributed by atoms with Crippen molar-refractivity contribution in [3.63, 3.8) is 0 Å². The fraction of sp³-hybridized carbons (Fsp3) is 0.434. The quantitative estimate of drug-likeness (QED) is 0.0401. The van der Waals surface area contributed by atoms with Gasteiger partial charge in [-0.3, -0.25) is 19.7 Å². The molecule has 1 saturated carbocycles. The van der Waals surface area contributed by atoms with Gasteiger partial charge in [-0.05, 0) is 103 Å². The molecule has 67 heavy (non-hydrogen) atoms. The van der Waals surface area contributed by atoms with Crippen LogP contribution in [0.4, 0.5) is 16.2 Å². The standard InChI is InChI=1S/C53H68N6O7Si/c1-53(2,3)67(5,6)66-47(43-22-24-46(60)51-44(43)23-25-49(62)57-51)33-54-32-36-15-14-18-40(29-36)55-48(61)21-12-13-27-58(4)50(63)26-28-59-34-38-30-41(31-39(38)35-59)65-52(64)56-45-20-11-10-19-42(45)37-16-8-7-9-17-37/h7-11,14-20,22-25,29,38-39,41,47,54,60H,12-13,21,26-28,30-35H2,1-6H3,(H,55,61)(H,56,64)(H,57,62)/t38?,39?,41?,47-/m0/s1. The molecule has 7 rings (SSSR count). The number of fused-ring (bicyclic) bond motifs is 2. The van der Waals surface area contributed by atoms with Crippen LogP contribution in [0.1, 0.15) is 76.5 Å². The normalized spacial score (nSPS) is 17.8. The van der Waals surface area contributed by atoms with Crippen molar-refractivity contribution in [3.05, 3.63) is 125 Å². The van der Waals surface area contributed by atoms with Crippen LogP contribution < -0.4 is 21.5 Å². The Bertz CT molecular complexity index is 2550. The summed E-state index contributed by atoms with van der Waals surface area (Å²) in [5, 5.41) is 20.8. The Morgan fingerprint density at radius 1 is 0.881 bits per heavy atom. The number of aromatic hydroxyl groups is 1. The average molecular weight is 929 g/mol. The average Bonchev–Trinajstić information content (AvgIpc) is 3.85. The molecule has 3 amide bonds. The summed E-state index contributed by atoms with van der Waals surface area (Å²) in [7, 11) is -0.398. The minimum atomic E-state index is -2.23. The lowest BCUT2D eigenvalue weighted by molar-refractivity contribution is -0.130. The van der Waals surface area contributed by atoms with Crippen molar-refractivity contribution in [1.82, 2.24) is 20.1 Å². The van der Waals surface area contributed by atoms with Crippen molar-refractivity contribution < 1.29 is 28.7 Å². The molecule has 0 bridgehead atoms. The second-order valence-corrected chi connectivity index (χ2v) is 24.6. The van der Waals surface area contributed by atoms with Gasteiger partial charge < -0.3 is 39.7 Å². The third-order valence-electron chi connectivity index (χ3n) is 13.9. The number of likely N-dealkylation sites (tertiary alicyclic amines) is 1. The van der Waals surface area contributed by atoms with Gasteiger partial charge in [0.2, 0.25) is 17.4 Å². The Hall–Kier alpha value is -5.80. The van der Waals surface area contributed by atoms with E-state index in [0.29, 0.717) is 62.8 Å². The number of carbonyl (C=O) groups is 3. The third kappa shape index (κ3) is 13.0. The second kappa shape index (κ2) is 21.9. The number of hydrogen-bond acceptors (Lipinski definition) is 9. The number of phenols is 1. The number of aromatic nitrogens is 1. The van der Waals surface area contributed by atoms with E-state index in [1.807, 2.05) is 92.0 Å². The molecule has 5 N–H and O–H groups in total. The van der Waals surface area contributed by atoms with E-state index >= 15 is 0 Å². The number of ether oxygens (including phenoxy) is 1. The van der Waals surface area contributed by atoms with Crippen molar-refractivity contribution >= 4 is 48.5 Å². The van der Waals surface area contributed by atoms with Gasteiger partial charge in [0.1, 0.15) is 11.9 Å². The van der Waals surface area contributed by atoms with Crippen molar-refractivity contribution in [2.45, 2.75) is 96.2 Å². The molecular formula is C53H68N6O7Si. The maximum atomic E-state index is 13.1. The third-order valence-corrected chi connectivity index (χ3v) is 18.4. The number of rotatable bonds is 19. The first-order valence-corrected chi connectivity index (χ1v) is 26.6. The Labute approximate surface area is 395 Å². The minimum Gasteiger partial charge on any atom is -0.506 e. The first-order chi connectivity index (χ1) is 32.0. The summed E-state index contributed by atoms with van der Waals surface area (Å²) >= 11 is 0. The molecule has 5 aromatic rings. The van der Waals surface area contributed by atoms with E-state index in [2.05, 4.69) is 59.7 Å². The van der Waals surface area contributed by atoms with E-state index in [1.165, 1.54) is 6.07 Å². The van der Waals surface area contributed by atoms with Crippen LogP contribution >= 0.6 is 0 Å². The monoisotopic (exact) mass is 928 g/mol. The van der Waals surface area contributed by atoms with Crippen LogP contribution in [0.25, 0.3) is 22.0 Å². The summed E-state index contributed by atoms with van der Waals surface area (Å²) in [6.45, 7) is 15.1. The maximum Gasteiger partial charge on any atom is 0.411 e. The van der Waals surface area contributed by atoms with Gasteiger partial charge in [-0.1, -0.05) is 87.5 Å². The predicted octanol–water partition coefficient (Wildman–Crippen LogP) is 9.67. The number of nitrogens with one attached hydrogen (secondary N) is 4. The molecule has 1 aliphatic heterocycles. The number of phenolic OH excluding ortho intramolecular Hbond substituents is 1. The summed E-state index contributed by atoms with van der Waals surface area (Å²) in [6.07, 6.45) is 2.98. The van der Waals surface area contributed by atoms with Gasteiger partial charge in [0, 0.05) is 81.9 Å². The Morgan fingerprint density at radius 2 is 1.61 bits per heavy atom. The Morgan fingerprint density at radius 3 is 2.36 bits per heavy atom. The lowest BCUT2D eigenvalue weighted by atomic mass is 10.0. The summed E-state index contributed by atoms with van der Waals surface area (Å²) < 4.78 is 12.8. The number of aromatic amines is 1. The highest BCUT2D eigenvalue weighted by atomic mass is 28.4. The van der Waals surface area contributed by atoms with Crippen LogP contribution in [0.5, 0.6) is 5.75 Å². The van der Waals surface area contributed by atoms with Crippen LogP contribution in [0.3, 0.4) is 0 Å². The van der Waals surface area contributed by atoms with Crippen LogP contribution in [0, 0.1) is 11.8 Å². The van der Waals surface area contributed by atoms with E-state index in [4.69, 9.17) is 9.16 Å². The molecule has 2 unspecified atom stereocenters. The van der Waals surface area contributed by atoms with Crippen molar-refractivity contribution in [2.75, 3.05) is 50.4 Å². The molecule has 1 aromatic heterocycles. The predicted molar refractivity (Wildman–Crippen MR) is 269 cm³/mol. The van der Waals surface area contributed by atoms with E-state index in [0.717, 1.165) is 71.4 Å². The fourth-order valence-corrected chi connectivity index (χ4v) is 10.5. The van der Waals surface area contributed by atoms with Crippen molar-refractivity contribution in [2.24, 2.45) is 11.8 Å². The summed E-state index contributed by atoms with van der Waals surface area (Å²) in [5.41, 5.74) is 5.42. The zero-order valence-electron chi connectivity index (χ0n) is 39.9. The molecule has 2 aliphatic rings. The molecule has 356 valence electrons. The number of benzene rings is 4. The smallest absolute Gasteiger partial charge is 0.411 e. The number of pyridine rings is 1. The van der Waals surface area contributed by atoms with Crippen molar-refractivity contribution in [3.8, 4) is 16.9 Å². The van der Waals surface area contributed by atoms with E-state index in [9.17, 15) is 24.3 Å².